The van der Waals surface area contributed by atoms with Gasteiger partial charge in [-0.15, -0.1) is 0 Å². The molecular weight excluding hydrogens is 435 g/mol. The summed E-state index contributed by atoms with van der Waals surface area (Å²) in [5.41, 5.74) is 1.05. The normalized spacial score (nSPS) is 11.6. The second kappa shape index (κ2) is 7.59. The molecule has 2 heterocycles. The highest BCUT2D eigenvalue weighted by molar-refractivity contribution is 6.32. The lowest BCUT2D eigenvalue weighted by molar-refractivity contribution is -0.137. The maximum Gasteiger partial charge on any atom is 0.416 e. The molecule has 2 aromatic heterocycles. The van der Waals surface area contributed by atoms with Crippen molar-refractivity contribution in [3.8, 4) is 28.3 Å². The summed E-state index contributed by atoms with van der Waals surface area (Å²) in [6, 6.07) is 12.4. The molecule has 0 atom stereocenters. The Bertz CT molecular complexity index is 1300. The second-order valence-electron chi connectivity index (χ2n) is 6.56. The van der Waals surface area contributed by atoms with Crippen LogP contribution in [0.5, 0.6) is 5.75 Å². The summed E-state index contributed by atoms with van der Waals surface area (Å²) in [5.74, 6) is -0.841. The van der Waals surface area contributed by atoms with Gasteiger partial charge in [0, 0.05) is 17.2 Å². The maximum atomic E-state index is 12.9. The summed E-state index contributed by atoms with van der Waals surface area (Å²) in [4.78, 5) is 15.8. The van der Waals surface area contributed by atoms with Crippen LogP contribution < -0.4 is 4.74 Å². The van der Waals surface area contributed by atoms with Crippen LogP contribution in [0, 0.1) is 0 Å². The van der Waals surface area contributed by atoms with Crippen molar-refractivity contribution >= 4 is 23.2 Å². The Labute approximate surface area is 178 Å². The number of aromatic carboxylic acids is 1. The van der Waals surface area contributed by atoms with Gasteiger partial charge in [0.15, 0.2) is 11.3 Å². The highest BCUT2D eigenvalue weighted by Crippen LogP contribution is 2.34. The maximum absolute atomic E-state index is 12.9. The first kappa shape index (κ1) is 20.7. The zero-order chi connectivity index (χ0) is 22.3. The van der Waals surface area contributed by atoms with Gasteiger partial charge in [0.1, 0.15) is 5.75 Å². The molecule has 0 aliphatic heterocycles. The van der Waals surface area contributed by atoms with Crippen molar-refractivity contribution in [2.45, 2.75) is 6.18 Å². The third-order valence-corrected chi connectivity index (χ3v) is 4.91. The number of alkyl halides is 3. The molecule has 0 amide bonds. The number of ether oxygens (including phenoxy) is 1. The molecule has 0 bridgehead atoms. The molecule has 2 aromatic carbocycles. The van der Waals surface area contributed by atoms with Crippen molar-refractivity contribution in [2.24, 2.45) is 0 Å². The minimum atomic E-state index is -4.46. The molecule has 1 N–H and O–H groups in total. The van der Waals surface area contributed by atoms with Crippen molar-refractivity contribution in [1.29, 1.82) is 0 Å². The monoisotopic (exact) mass is 447 g/mol. The summed E-state index contributed by atoms with van der Waals surface area (Å²) < 4.78 is 45.3. The van der Waals surface area contributed by atoms with Gasteiger partial charge in [0.2, 0.25) is 0 Å². The van der Waals surface area contributed by atoms with Gasteiger partial charge in [-0.1, -0.05) is 29.8 Å². The number of aromatic nitrogens is 3. The second-order valence-corrected chi connectivity index (χ2v) is 6.96. The standard InChI is InChI=1S/C21H13ClF3N3O3/c1-31-18-8-12(4-7-14(18)22)17-9-15(11-2-5-13(6-3-11)21(23,24)25)26-19-10-16(20(29)30)27-28(17)19/h2-10H,1H3,(H,29,30). The van der Waals surface area contributed by atoms with Crippen molar-refractivity contribution in [1.82, 2.24) is 14.6 Å². The van der Waals surface area contributed by atoms with E-state index in [2.05, 4.69) is 10.1 Å². The Morgan fingerprint density at radius 1 is 1.06 bits per heavy atom. The first-order valence-corrected chi connectivity index (χ1v) is 9.21. The Morgan fingerprint density at radius 2 is 1.74 bits per heavy atom. The number of hydrogen-bond acceptors (Lipinski definition) is 4. The molecule has 0 radical (unpaired) electrons. The van der Waals surface area contributed by atoms with E-state index in [-0.39, 0.29) is 11.3 Å². The minimum Gasteiger partial charge on any atom is -0.495 e. The van der Waals surface area contributed by atoms with Crippen molar-refractivity contribution in [2.75, 3.05) is 7.11 Å². The number of benzene rings is 2. The molecule has 4 rings (SSSR count). The zero-order valence-electron chi connectivity index (χ0n) is 15.8. The Morgan fingerprint density at radius 3 is 2.35 bits per heavy atom. The molecule has 0 saturated heterocycles. The highest BCUT2D eigenvalue weighted by atomic mass is 35.5. The van der Waals surface area contributed by atoms with Crippen molar-refractivity contribution < 1.29 is 27.8 Å². The summed E-state index contributed by atoms with van der Waals surface area (Å²) in [5, 5.41) is 13.8. The summed E-state index contributed by atoms with van der Waals surface area (Å²) >= 11 is 6.10. The SMILES string of the molecule is COc1cc(-c2cc(-c3ccc(C(F)(F)F)cc3)nc3cc(C(=O)O)nn23)ccc1Cl. The van der Waals surface area contributed by atoms with E-state index >= 15 is 0 Å². The molecule has 6 nitrogen and oxygen atoms in total. The van der Waals surface area contributed by atoms with E-state index in [0.717, 1.165) is 12.1 Å². The van der Waals surface area contributed by atoms with Crippen molar-refractivity contribution in [3.05, 3.63) is 70.9 Å². The predicted octanol–water partition coefficient (Wildman–Crippen LogP) is 5.44. The number of carboxylic acids is 1. The first-order valence-electron chi connectivity index (χ1n) is 8.83. The van der Waals surface area contributed by atoms with E-state index in [0.29, 0.717) is 33.3 Å². The van der Waals surface area contributed by atoms with Crippen molar-refractivity contribution in [3.63, 3.8) is 0 Å². The predicted molar refractivity (Wildman–Crippen MR) is 107 cm³/mol. The van der Waals surface area contributed by atoms with Gasteiger partial charge in [0.25, 0.3) is 0 Å². The molecular formula is C21H13ClF3N3O3. The van der Waals surface area contributed by atoms with Gasteiger partial charge < -0.3 is 9.84 Å². The molecule has 158 valence electrons. The molecule has 4 aromatic rings. The number of carbonyl (C=O) groups is 1. The smallest absolute Gasteiger partial charge is 0.416 e. The van der Waals surface area contributed by atoms with Gasteiger partial charge in [0.05, 0.1) is 29.1 Å². The molecule has 0 spiro atoms. The van der Waals surface area contributed by atoms with E-state index in [1.165, 1.54) is 29.8 Å². The van der Waals surface area contributed by atoms with Crippen LogP contribution >= 0.6 is 11.6 Å². The lowest BCUT2D eigenvalue weighted by Gasteiger charge is -2.11. The average molecular weight is 448 g/mol. The lowest BCUT2D eigenvalue weighted by atomic mass is 10.1. The number of hydrogen-bond donors (Lipinski definition) is 1. The quantitative estimate of drug-likeness (QED) is 0.450. The Kier molecular flexibility index (Phi) is 5.06. The summed E-state index contributed by atoms with van der Waals surface area (Å²) in [6.45, 7) is 0. The fourth-order valence-electron chi connectivity index (χ4n) is 3.08. The van der Waals surface area contributed by atoms with Crippen LogP contribution in [0.25, 0.3) is 28.2 Å². The van der Waals surface area contributed by atoms with Crippen LogP contribution in [0.3, 0.4) is 0 Å². The number of methoxy groups -OCH3 is 1. The number of rotatable bonds is 4. The molecule has 0 saturated carbocycles. The van der Waals surface area contributed by atoms with Crippen LogP contribution in [0.1, 0.15) is 16.1 Å². The Balaban J connectivity index is 1.93. The van der Waals surface area contributed by atoms with E-state index in [1.807, 2.05) is 0 Å². The topological polar surface area (TPSA) is 76.7 Å². The molecule has 10 heteroatoms. The number of nitrogens with zero attached hydrogens (tertiary/aromatic N) is 3. The third-order valence-electron chi connectivity index (χ3n) is 4.60. The van der Waals surface area contributed by atoms with E-state index in [4.69, 9.17) is 16.3 Å². The Hall–Kier alpha value is -3.59. The fraction of sp³-hybridized carbons (Fsp3) is 0.0952. The van der Waals surface area contributed by atoms with Crippen LogP contribution in [0.2, 0.25) is 5.02 Å². The van der Waals surface area contributed by atoms with Gasteiger partial charge in [-0.05, 0) is 30.3 Å². The number of carboxylic acid groups (broad SMARTS) is 1. The number of fused-ring (bicyclic) bond motifs is 1. The first-order chi connectivity index (χ1) is 14.7. The molecule has 0 aliphatic carbocycles. The molecule has 0 aliphatic rings. The largest absolute Gasteiger partial charge is 0.495 e. The van der Waals surface area contributed by atoms with Crippen LogP contribution in [-0.4, -0.2) is 32.8 Å². The van der Waals surface area contributed by atoms with Gasteiger partial charge >= 0.3 is 12.1 Å². The van der Waals surface area contributed by atoms with E-state index in [1.54, 1.807) is 24.3 Å². The van der Waals surface area contributed by atoms with Gasteiger partial charge in [-0.3, -0.25) is 0 Å². The molecule has 0 unspecified atom stereocenters. The number of halogens is 4. The lowest BCUT2D eigenvalue weighted by Crippen LogP contribution is -2.04. The summed E-state index contributed by atoms with van der Waals surface area (Å²) in [6.07, 6.45) is -4.46. The minimum absolute atomic E-state index is 0.221. The zero-order valence-corrected chi connectivity index (χ0v) is 16.6. The highest BCUT2D eigenvalue weighted by Gasteiger charge is 2.30. The van der Waals surface area contributed by atoms with Crippen LogP contribution in [0.15, 0.2) is 54.6 Å². The van der Waals surface area contributed by atoms with Gasteiger partial charge in [-0.25, -0.2) is 14.3 Å². The summed E-state index contributed by atoms with van der Waals surface area (Å²) in [7, 11) is 1.46. The van der Waals surface area contributed by atoms with Crippen LogP contribution in [-0.2, 0) is 6.18 Å². The third kappa shape index (κ3) is 3.91. The average Bonchev–Trinajstić information content (AvgIpc) is 3.17. The molecule has 0 fully saturated rings. The van der Waals surface area contributed by atoms with Crippen LogP contribution in [0.4, 0.5) is 13.2 Å². The van der Waals surface area contributed by atoms with E-state index in [9.17, 15) is 23.1 Å². The fourth-order valence-corrected chi connectivity index (χ4v) is 3.28. The molecule has 31 heavy (non-hydrogen) atoms. The van der Waals surface area contributed by atoms with E-state index < -0.39 is 17.7 Å². The van der Waals surface area contributed by atoms with Gasteiger partial charge in [-0.2, -0.15) is 18.3 Å².